The molecular weight excluding hydrogens is 1290 g/mol. The summed E-state index contributed by atoms with van der Waals surface area (Å²) in [5.74, 6) is 3.69. The molecular formula is C83H103ClN6O11. The van der Waals surface area contributed by atoms with Crippen LogP contribution in [0.2, 0.25) is 5.02 Å². The molecule has 4 amide bonds. The Morgan fingerprint density at radius 1 is 0.653 bits per heavy atom. The normalized spacial score (nSPS) is 21.6. The third kappa shape index (κ3) is 19.4. The first-order valence-corrected chi connectivity index (χ1v) is 37.0. The fourth-order valence-electron chi connectivity index (χ4n) is 17.1. The van der Waals surface area contributed by atoms with Crippen molar-refractivity contribution < 1.29 is 47.8 Å². The lowest BCUT2D eigenvalue weighted by Crippen LogP contribution is -2.53. The van der Waals surface area contributed by atoms with Crippen molar-refractivity contribution >= 4 is 52.8 Å². The van der Waals surface area contributed by atoms with Gasteiger partial charge in [0.2, 0.25) is 23.6 Å². The van der Waals surface area contributed by atoms with E-state index in [1.807, 2.05) is 48.5 Å². The van der Waals surface area contributed by atoms with Crippen molar-refractivity contribution in [3.8, 4) is 11.5 Å². The van der Waals surface area contributed by atoms with E-state index < -0.39 is 46.4 Å². The number of benzene rings is 6. The number of nitro benzene ring substituents is 1. The van der Waals surface area contributed by atoms with Crippen LogP contribution in [0.3, 0.4) is 0 Å². The third-order valence-electron chi connectivity index (χ3n) is 22.5. The highest BCUT2D eigenvalue weighted by molar-refractivity contribution is 6.30. The molecule has 0 aliphatic heterocycles. The SMILES string of the molecule is COc1ccc(C(NCCCC[C@H](NC(=O)[C@H](Cc2ccc(Cl)cc2)NC(=O)CCC(=O)NCCCO[C@H]2CC[C@@]3(C)C(=CC[C@H]4[C@@H]5CC[C@H]([C@H](C)CCCC(C)C)[C@@]5(C)CC[C@@H]43)C2)C(=O)Nc2ccc(COC(=O)Oc3ccc([N+](=O)[O-])cc3)cc2)(c2ccccc2)c2ccccc2)cc1. The lowest BCUT2D eigenvalue weighted by molar-refractivity contribution is -0.384. The van der Waals surface area contributed by atoms with E-state index in [1.54, 1.807) is 61.2 Å². The summed E-state index contributed by atoms with van der Waals surface area (Å²) in [4.78, 5) is 79.6. The molecule has 6 aromatic carbocycles. The van der Waals surface area contributed by atoms with Crippen LogP contribution in [0.15, 0.2) is 169 Å². The minimum atomic E-state index is -1.14. The van der Waals surface area contributed by atoms with Crippen molar-refractivity contribution in [2.75, 3.05) is 32.1 Å². The molecule has 10 atom stereocenters. The fraction of sp³-hybridized carbons (Fsp3) is 0.482. The largest absolute Gasteiger partial charge is 0.514 e. The molecule has 0 heterocycles. The van der Waals surface area contributed by atoms with Crippen molar-refractivity contribution in [1.29, 1.82) is 0 Å². The number of amides is 4. The number of hydrogen-bond donors (Lipinski definition) is 5. The number of nitrogens with zero attached hydrogens (tertiary/aromatic N) is 1. The summed E-state index contributed by atoms with van der Waals surface area (Å²) < 4.78 is 22.6. The molecule has 3 fully saturated rings. The van der Waals surface area contributed by atoms with Crippen LogP contribution in [0.25, 0.3) is 0 Å². The van der Waals surface area contributed by atoms with Crippen LogP contribution in [-0.2, 0) is 47.2 Å². The summed E-state index contributed by atoms with van der Waals surface area (Å²) in [6.07, 6.45) is 17.4. The molecule has 0 aromatic heterocycles. The zero-order chi connectivity index (χ0) is 71.5. The lowest BCUT2D eigenvalue weighted by Gasteiger charge is -2.58. The zero-order valence-electron chi connectivity index (χ0n) is 59.7. The van der Waals surface area contributed by atoms with E-state index in [0.29, 0.717) is 66.2 Å². The van der Waals surface area contributed by atoms with Crippen LogP contribution in [0.1, 0.15) is 172 Å². The second kappa shape index (κ2) is 35.5. The van der Waals surface area contributed by atoms with Gasteiger partial charge in [0.1, 0.15) is 30.2 Å². The molecule has 4 aliphatic rings. The first-order chi connectivity index (χ1) is 48.7. The number of nitrogens with one attached hydrogen (secondary N) is 5. The predicted molar refractivity (Wildman–Crippen MR) is 395 cm³/mol. The number of allylic oxidation sites excluding steroid dienone is 1. The molecule has 5 N–H and O–H groups in total. The highest BCUT2D eigenvalue weighted by Gasteiger charge is 2.59. The van der Waals surface area contributed by atoms with Gasteiger partial charge in [0.05, 0.1) is 23.7 Å². The van der Waals surface area contributed by atoms with Crippen molar-refractivity contribution in [1.82, 2.24) is 21.3 Å². The van der Waals surface area contributed by atoms with E-state index in [4.69, 9.17) is 30.5 Å². The number of ether oxygens (including phenoxy) is 4. The van der Waals surface area contributed by atoms with E-state index >= 15 is 0 Å². The van der Waals surface area contributed by atoms with Gasteiger partial charge >= 0.3 is 6.16 Å². The maximum atomic E-state index is 14.8. The number of methoxy groups -OCH3 is 1. The van der Waals surface area contributed by atoms with Gasteiger partial charge in [-0.05, 0) is 206 Å². The van der Waals surface area contributed by atoms with Crippen molar-refractivity contribution in [2.45, 2.75) is 181 Å². The van der Waals surface area contributed by atoms with Crippen LogP contribution in [0.5, 0.6) is 11.5 Å². The molecule has 17 nitrogen and oxygen atoms in total. The molecule has 0 saturated heterocycles. The maximum absolute atomic E-state index is 14.8. The first-order valence-electron chi connectivity index (χ1n) is 36.7. The third-order valence-corrected chi connectivity index (χ3v) is 22.8. The average Bonchev–Trinajstić information content (AvgIpc) is 1.69. The Morgan fingerprint density at radius 3 is 1.99 bits per heavy atom. The second-order valence-electron chi connectivity index (χ2n) is 29.5. The number of carbonyl (C=O) groups is 5. The summed E-state index contributed by atoms with van der Waals surface area (Å²) >= 11 is 6.30. The van der Waals surface area contributed by atoms with Gasteiger partial charge < -0.3 is 40.2 Å². The molecule has 3 saturated carbocycles. The molecule has 101 heavy (non-hydrogen) atoms. The topological polar surface area (TPSA) is 226 Å². The summed E-state index contributed by atoms with van der Waals surface area (Å²) in [6, 6.07) is 44.7. The van der Waals surface area contributed by atoms with Gasteiger partial charge in [-0.3, -0.25) is 34.6 Å². The number of anilines is 1. The van der Waals surface area contributed by atoms with Crippen LogP contribution in [0.4, 0.5) is 16.2 Å². The molecule has 6 aromatic rings. The molecule has 0 bridgehead atoms. The van der Waals surface area contributed by atoms with Crippen molar-refractivity contribution in [3.63, 3.8) is 0 Å². The van der Waals surface area contributed by atoms with Crippen LogP contribution >= 0.6 is 11.6 Å². The van der Waals surface area contributed by atoms with Crippen LogP contribution in [0, 0.1) is 56.5 Å². The summed E-state index contributed by atoms with van der Waals surface area (Å²) in [5, 5.41) is 27.3. The highest BCUT2D eigenvalue weighted by atomic mass is 35.5. The quantitative estimate of drug-likeness (QED) is 0.00484. The smallest absolute Gasteiger partial charge is 0.497 e. The molecule has 18 heteroatoms. The Morgan fingerprint density at radius 2 is 1.32 bits per heavy atom. The standard InChI is InChI=1S/C83H103ClN6O11/c1-56(2)17-15-18-57(3)71-42-43-72-70-41-30-63-54-69(46-48-81(63,4)73(70)47-49-82(71,72)5)99-52-16-50-85-76(91)44-45-77(92)88-75(53-58-24-31-64(84)32-25-58)79(94)89-74(78(93)87-65-33-26-59(27-34-65)55-100-80(95)101-68-39-35-66(36-40-68)90(96)97)23-13-14-51-86-83(60-19-9-7-10-20-60,61-21-11-8-12-22-61)62-28-37-67(98-6)38-29-62/h7-12,19-22,24-40,56-57,69-75,86H,13-18,23,41-55H2,1-6H3,(H,85,91)(H,87,93)(H,88,92)(H,89,94)/t57-,69+,70+,71-,72+,73+,74+,75+,81+,82-/m1/s1. The van der Waals surface area contributed by atoms with Crippen LogP contribution in [-0.4, -0.2) is 79.7 Å². The fourth-order valence-corrected chi connectivity index (χ4v) is 17.2. The van der Waals surface area contributed by atoms with Gasteiger partial charge in [-0.2, -0.15) is 0 Å². The van der Waals surface area contributed by atoms with Gasteiger partial charge in [-0.1, -0.05) is 174 Å². The number of fused-ring (bicyclic) bond motifs is 5. The van der Waals surface area contributed by atoms with Gasteiger partial charge in [0, 0.05) is 55.3 Å². The molecule has 538 valence electrons. The van der Waals surface area contributed by atoms with E-state index in [2.05, 4.69) is 104 Å². The first kappa shape index (κ1) is 75.3. The van der Waals surface area contributed by atoms with Crippen molar-refractivity contribution in [3.05, 3.63) is 212 Å². The monoisotopic (exact) mass is 1390 g/mol. The number of unbranched alkanes of at least 4 members (excludes halogenated alkanes) is 1. The Bertz CT molecular complexity index is 3710. The number of halogens is 1. The molecule has 0 unspecified atom stereocenters. The molecule has 10 rings (SSSR count). The average molecular weight is 1400 g/mol. The number of rotatable bonds is 34. The minimum absolute atomic E-state index is 0.0633. The zero-order valence-corrected chi connectivity index (χ0v) is 60.4. The van der Waals surface area contributed by atoms with E-state index in [0.717, 1.165) is 77.2 Å². The summed E-state index contributed by atoms with van der Waals surface area (Å²) in [7, 11) is 1.64. The Balaban J connectivity index is 0.742. The van der Waals surface area contributed by atoms with Gasteiger partial charge in [-0.15, -0.1) is 0 Å². The summed E-state index contributed by atoms with van der Waals surface area (Å²) in [5.41, 5.74) is 6.08. The molecule has 0 radical (unpaired) electrons. The Hall–Kier alpha value is -8.38. The van der Waals surface area contributed by atoms with E-state index in [9.17, 15) is 34.1 Å². The maximum Gasteiger partial charge on any atom is 0.514 e. The summed E-state index contributed by atoms with van der Waals surface area (Å²) in [6.45, 7) is 13.7. The van der Waals surface area contributed by atoms with Crippen LogP contribution < -0.4 is 36.1 Å². The van der Waals surface area contributed by atoms with E-state index in [1.165, 1.54) is 75.6 Å². The number of hydrogen-bond acceptors (Lipinski definition) is 12. The van der Waals surface area contributed by atoms with Crippen molar-refractivity contribution in [2.24, 2.45) is 46.3 Å². The Kier molecular flexibility index (Phi) is 26.4. The Labute approximate surface area is 601 Å². The van der Waals surface area contributed by atoms with Gasteiger partial charge in [0.15, 0.2) is 0 Å². The van der Waals surface area contributed by atoms with E-state index in [-0.39, 0.29) is 61.2 Å². The number of nitro groups is 1. The van der Waals surface area contributed by atoms with Gasteiger partial charge in [-0.25, -0.2) is 4.79 Å². The second-order valence-corrected chi connectivity index (χ2v) is 29.9. The predicted octanol–water partition coefficient (Wildman–Crippen LogP) is 16.6. The van der Waals surface area contributed by atoms with Gasteiger partial charge in [0.25, 0.3) is 5.69 Å². The number of carbonyl (C=O) groups excluding carboxylic acids is 5. The number of non-ortho nitro benzene ring substituents is 1. The minimum Gasteiger partial charge on any atom is -0.497 e. The molecule has 4 aliphatic carbocycles. The highest BCUT2D eigenvalue weighted by Crippen LogP contribution is 2.67. The lowest BCUT2D eigenvalue weighted by atomic mass is 9.47. The molecule has 0 spiro atoms.